The minimum Gasteiger partial charge on any atom is -0.354 e. The summed E-state index contributed by atoms with van der Waals surface area (Å²) < 4.78 is 0. The zero-order valence-electron chi connectivity index (χ0n) is 12.1. The quantitative estimate of drug-likeness (QED) is 0.784. The first kappa shape index (κ1) is 17.5. The number of amides is 2. The third-order valence-corrected chi connectivity index (χ3v) is 3.57. The molecule has 4 N–H and O–H groups in total. The van der Waals surface area contributed by atoms with Gasteiger partial charge in [0.1, 0.15) is 12.1 Å². The second kappa shape index (κ2) is 8.00. The zero-order valence-corrected chi connectivity index (χ0v) is 12.9. The SMILES string of the molecule is Cc1ccc(C(N)C(=O)NC2CCCCNC2=O)cc1.Cl. The van der Waals surface area contributed by atoms with Gasteiger partial charge in [-0.3, -0.25) is 9.59 Å². The first-order valence-electron chi connectivity index (χ1n) is 6.98. The maximum atomic E-state index is 12.1. The molecule has 1 fully saturated rings. The molecule has 1 aromatic rings. The highest BCUT2D eigenvalue weighted by atomic mass is 35.5. The van der Waals surface area contributed by atoms with Gasteiger partial charge in [-0.2, -0.15) is 0 Å². The molecule has 1 aliphatic heterocycles. The van der Waals surface area contributed by atoms with E-state index in [1.54, 1.807) is 0 Å². The Morgan fingerprint density at radius 2 is 2.00 bits per heavy atom. The Kier molecular flexibility index (Phi) is 6.65. The molecular formula is C15H22ClN3O2. The fourth-order valence-electron chi connectivity index (χ4n) is 2.26. The first-order valence-corrected chi connectivity index (χ1v) is 6.98. The summed E-state index contributed by atoms with van der Waals surface area (Å²) in [6.07, 6.45) is 2.53. The lowest BCUT2D eigenvalue weighted by Crippen LogP contribution is -2.48. The largest absolute Gasteiger partial charge is 0.354 e. The summed E-state index contributed by atoms with van der Waals surface area (Å²) in [6, 6.07) is 6.30. The number of rotatable bonds is 3. The predicted molar refractivity (Wildman–Crippen MR) is 84.1 cm³/mol. The highest BCUT2D eigenvalue weighted by Crippen LogP contribution is 2.13. The molecule has 0 spiro atoms. The van der Waals surface area contributed by atoms with Crippen LogP contribution in [0.15, 0.2) is 24.3 Å². The summed E-state index contributed by atoms with van der Waals surface area (Å²) in [5.41, 5.74) is 7.81. The van der Waals surface area contributed by atoms with Crippen molar-refractivity contribution in [3.63, 3.8) is 0 Å². The second-order valence-corrected chi connectivity index (χ2v) is 5.24. The zero-order chi connectivity index (χ0) is 14.5. The van der Waals surface area contributed by atoms with E-state index >= 15 is 0 Å². The van der Waals surface area contributed by atoms with E-state index in [0.29, 0.717) is 13.0 Å². The minimum absolute atomic E-state index is 0. The van der Waals surface area contributed by atoms with Gasteiger partial charge in [0.25, 0.3) is 0 Å². The van der Waals surface area contributed by atoms with Crippen LogP contribution in [0, 0.1) is 6.92 Å². The van der Waals surface area contributed by atoms with Crippen LogP contribution in [0.25, 0.3) is 0 Å². The lowest BCUT2D eigenvalue weighted by Gasteiger charge is -2.18. The topological polar surface area (TPSA) is 84.2 Å². The fourth-order valence-corrected chi connectivity index (χ4v) is 2.26. The van der Waals surface area contributed by atoms with Crippen molar-refractivity contribution in [2.75, 3.05) is 6.54 Å². The second-order valence-electron chi connectivity index (χ2n) is 5.24. The number of carbonyl (C=O) groups excluding carboxylic acids is 2. The van der Waals surface area contributed by atoms with Crippen molar-refractivity contribution in [2.24, 2.45) is 5.73 Å². The van der Waals surface area contributed by atoms with Gasteiger partial charge in [-0.15, -0.1) is 12.4 Å². The van der Waals surface area contributed by atoms with E-state index in [0.717, 1.165) is 24.0 Å². The average Bonchev–Trinajstić information content (AvgIpc) is 2.64. The van der Waals surface area contributed by atoms with Gasteiger partial charge in [0.05, 0.1) is 0 Å². The Labute approximate surface area is 131 Å². The minimum atomic E-state index is -0.744. The Hall–Kier alpha value is -1.59. The van der Waals surface area contributed by atoms with Gasteiger partial charge in [0.2, 0.25) is 11.8 Å². The molecule has 1 saturated heterocycles. The Morgan fingerprint density at radius 3 is 2.67 bits per heavy atom. The Morgan fingerprint density at radius 1 is 1.33 bits per heavy atom. The van der Waals surface area contributed by atoms with Gasteiger partial charge in [0.15, 0.2) is 0 Å². The van der Waals surface area contributed by atoms with Crippen molar-refractivity contribution in [1.82, 2.24) is 10.6 Å². The molecule has 116 valence electrons. The van der Waals surface area contributed by atoms with Crippen LogP contribution in [0.3, 0.4) is 0 Å². The molecule has 1 aliphatic rings. The van der Waals surface area contributed by atoms with Crippen molar-refractivity contribution >= 4 is 24.2 Å². The van der Waals surface area contributed by atoms with Crippen LogP contribution in [-0.4, -0.2) is 24.4 Å². The van der Waals surface area contributed by atoms with E-state index in [1.807, 2.05) is 31.2 Å². The number of nitrogens with one attached hydrogen (secondary N) is 2. The predicted octanol–water partition coefficient (Wildman–Crippen LogP) is 1.20. The standard InChI is InChI=1S/C15H21N3O2.ClH/c1-10-5-7-11(8-6-10)13(16)15(20)18-12-4-2-3-9-17-14(12)19;/h5-8,12-13H,2-4,9,16H2,1H3,(H,17,19)(H,18,20);1H. The maximum absolute atomic E-state index is 12.1. The van der Waals surface area contributed by atoms with Crippen LogP contribution in [0.2, 0.25) is 0 Å². The molecule has 0 bridgehead atoms. The normalized spacial score (nSPS) is 19.7. The van der Waals surface area contributed by atoms with Gasteiger partial charge >= 0.3 is 0 Å². The van der Waals surface area contributed by atoms with Crippen molar-refractivity contribution in [3.05, 3.63) is 35.4 Å². The molecule has 5 nitrogen and oxygen atoms in total. The molecule has 1 aromatic carbocycles. The number of hydrogen-bond acceptors (Lipinski definition) is 3. The van der Waals surface area contributed by atoms with E-state index in [4.69, 9.17) is 5.73 Å². The van der Waals surface area contributed by atoms with E-state index in [9.17, 15) is 9.59 Å². The highest BCUT2D eigenvalue weighted by molar-refractivity contribution is 5.90. The van der Waals surface area contributed by atoms with Crippen molar-refractivity contribution < 1.29 is 9.59 Å². The van der Waals surface area contributed by atoms with Crippen molar-refractivity contribution in [2.45, 2.75) is 38.3 Å². The van der Waals surface area contributed by atoms with Crippen LogP contribution in [-0.2, 0) is 9.59 Å². The van der Waals surface area contributed by atoms with E-state index < -0.39 is 12.1 Å². The molecular weight excluding hydrogens is 290 g/mol. The maximum Gasteiger partial charge on any atom is 0.242 e. The summed E-state index contributed by atoms with van der Waals surface area (Å²) in [6.45, 7) is 2.65. The Bertz CT molecular complexity index is 490. The molecule has 0 saturated carbocycles. The first-order chi connectivity index (χ1) is 9.58. The molecule has 2 unspecified atom stereocenters. The van der Waals surface area contributed by atoms with Crippen LogP contribution >= 0.6 is 12.4 Å². The molecule has 2 atom stereocenters. The van der Waals surface area contributed by atoms with Crippen LogP contribution in [0.4, 0.5) is 0 Å². The van der Waals surface area contributed by atoms with E-state index in [2.05, 4.69) is 10.6 Å². The molecule has 1 heterocycles. The summed E-state index contributed by atoms with van der Waals surface area (Å²) in [4.78, 5) is 23.9. The molecule has 2 rings (SSSR count). The monoisotopic (exact) mass is 311 g/mol. The summed E-state index contributed by atoms with van der Waals surface area (Å²) in [5.74, 6) is -0.428. The smallest absolute Gasteiger partial charge is 0.242 e. The highest BCUT2D eigenvalue weighted by Gasteiger charge is 2.25. The Balaban J connectivity index is 0.00000220. The summed E-state index contributed by atoms with van der Waals surface area (Å²) in [5, 5.41) is 5.54. The number of nitrogens with two attached hydrogens (primary N) is 1. The van der Waals surface area contributed by atoms with Gasteiger partial charge in [-0.05, 0) is 31.7 Å². The fraction of sp³-hybridized carbons (Fsp3) is 0.467. The van der Waals surface area contributed by atoms with Crippen LogP contribution in [0.1, 0.15) is 36.4 Å². The molecule has 2 amide bonds. The number of benzene rings is 1. The van der Waals surface area contributed by atoms with E-state index in [1.165, 1.54) is 0 Å². The lowest BCUT2D eigenvalue weighted by atomic mass is 10.0. The average molecular weight is 312 g/mol. The number of halogens is 1. The summed E-state index contributed by atoms with van der Waals surface area (Å²) >= 11 is 0. The van der Waals surface area contributed by atoms with Crippen LogP contribution < -0.4 is 16.4 Å². The van der Waals surface area contributed by atoms with E-state index in [-0.39, 0.29) is 24.2 Å². The van der Waals surface area contributed by atoms with Gasteiger partial charge in [-0.25, -0.2) is 0 Å². The molecule has 0 aromatic heterocycles. The third-order valence-electron chi connectivity index (χ3n) is 3.57. The molecule has 0 radical (unpaired) electrons. The van der Waals surface area contributed by atoms with Gasteiger partial charge in [-0.1, -0.05) is 29.8 Å². The third kappa shape index (κ3) is 4.72. The molecule has 6 heteroatoms. The van der Waals surface area contributed by atoms with Crippen LogP contribution in [0.5, 0.6) is 0 Å². The number of carbonyl (C=O) groups is 2. The molecule has 0 aliphatic carbocycles. The lowest BCUT2D eigenvalue weighted by molar-refractivity contribution is -0.129. The molecule has 21 heavy (non-hydrogen) atoms. The number of aryl methyl sites for hydroxylation is 1. The van der Waals surface area contributed by atoms with Gasteiger partial charge < -0.3 is 16.4 Å². The van der Waals surface area contributed by atoms with Crippen molar-refractivity contribution in [1.29, 1.82) is 0 Å². The summed E-state index contributed by atoms with van der Waals surface area (Å²) in [7, 11) is 0. The van der Waals surface area contributed by atoms with Gasteiger partial charge in [0, 0.05) is 6.54 Å². The number of hydrogen-bond donors (Lipinski definition) is 3. The van der Waals surface area contributed by atoms with Crippen molar-refractivity contribution in [3.8, 4) is 0 Å².